The number of rotatable bonds is 6. The maximum Gasteiger partial charge on any atom is 0.242 e. The first kappa shape index (κ1) is 16.3. The zero-order valence-corrected chi connectivity index (χ0v) is 13.6. The van der Waals surface area contributed by atoms with Gasteiger partial charge < -0.3 is 10.6 Å². The number of amides is 1. The zero-order valence-electron chi connectivity index (χ0n) is 13.6. The largest absolute Gasteiger partial charge is 0.308 e. The Hall–Kier alpha value is -2.54. The van der Waals surface area contributed by atoms with E-state index in [4.69, 9.17) is 0 Å². The van der Waals surface area contributed by atoms with Crippen molar-refractivity contribution in [2.75, 3.05) is 11.9 Å². The molecule has 3 rings (SSSR count). The molecule has 1 saturated heterocycles. The van der Waals surface area contributed by atoms with Gasteiger partial charge >= 0.3 is 0 Å². The summed E-state index contributed by atoms with van der Waals surface area (Å²) in [6, 6.07) is 7.26. The smallest absolute Gasteiger partial charge is 0.242 e. The molecule has 0 saturated carbocycles. The summed E-state index contributed by atoms with van der Waals surface area (Å²) in [6.07, 6.45) is 4.92. The Bertz CT molecular complexity index is 713. The molecule has 1 aliphatic rings. The molecule has 2 atom stereocenters. The van der Waals surface area contributed by atoms with Gasteiger partial charge in [-0.15, -0.1) is 0 Å². The second kappa shape index (κ2) is 7.35. The van der Waals surface area contributed by atoms with Crippen LogP contribution in [-0.2, 0) is 22.6 Å². The highest BCUT2D eigenvalue weighted by Crippen LogP contribution is 2.16. The van der Waals surface area contributed by atoms with E-state index in [0.29, 0.717) is 25.3 Å². The summed E-state index contributed by atoms with van der Waals surface area (Å²) in [5.74, 6) is 0.427. The third kappa shape index (κ3) is 4.05. The highest BCUT2D eigenvalue weighted by Gasteiger charge is 2.31. The van der Waals surface area contributed by atoms with Crippen LogP contribution in [0.5, 0.6) is 0 Å². The van der Waals surface area contributed by atoms with Crippen LogP contribution in [0.15, 0.2) is 36.7 Å². The van der Waals surface area contributed by atoms with Gasteiger partial charge in [-0.1, -0.05) is 6.07 Å². The molecule has 0 aliphatic carbocycles. The molecule has 0 spiro atoms. The number of pyridine rings is 1. The molecule has 7 nitrogen and oxygen atoms in total. The third-order valence-corrected chi connectivity index (χ3v) is 4.24. The van der Waals surface area contributed by atoms with Crippen LogP contribution in [0.2, 0.25) is 0 Å². The van der Waals surface area contributed by atoms with Gasteiger partial charge in [-0.3, -0.25) is 19.3 Å². The Morgan fingerprint density at radius 2 is 2.25 bits per heavy atom. The Balaban J connectivity index is 1.51. The molecule has 24 heavy (non-hydrogen) atoms. The average molecular weight is 327 g/mol. The molecule has 0 bridgehead atoms. The summed E-state index contributed by atoms with van der Waals surface area (Å²) < 4.78 is 1.78. The normalized spacial score (nSPS) is 20.0. The molecule has 2 N–H and O–H groups in total. The Morgan fingerprint density at radius 1 is 1.38 bits per heavy atom. The van der Waals surface area contributed by atoms with Gasteiger partial charge in [-0.25, -0.2) is 0 Å². The van der Waals surface area contributed by atoms with Crippen LogP contribution in [0, 0.1) is 5.92 Å². The first-order valence-corrected chi connectivity index (χ1v) is 8.10. The molecule has 7 heteroatoms. The first-order chi connectivity index (χ1) is 11.6. The minimum absolute atomic E-state index is 0.0725. The van der Waals surface area contributed by atoms with Crippen molar-refractivity contribution in [2.24, 2.45) is 5.92 Å². The van der Waals surface area contributed by atoms with Gasteiger partial charge in [0.2, 0.25) is 5.91 Å². The average Bonchev–Trinajstić information content (AvgIpc) is 3.23. The topological polar surface area (TPSA) is 88.9 Å². The van der Waals surface area contributed by atoms with Crippen molar-refractivity contribution >= 4 is 17.5 Å². The molecule has 2 aromatic rings. The number of aromatic nitrogens is 3. The van der Waals surface area contributed by atoms with Crippen molar-refractivity contribution in [3.63, 3.8) is 0 Å². The summed E-state index contributed by atoms with van der Waals surface area (Å²) in [5, 5.41) is 10.2. The molecule has 126 valence electrons. The van der Waals surface area contributed by atoms with Crippen molar-refractivity contribution in [2.45, 2.75) is 32.4 Å². The molecule has 0 aromatic carbocycles. The lowest BCUT2D eigenvalue weighted by atomic mass is 10.0. The number of Topliss-reactive ketones (excluding diaryl/α,β-unsaturated/α-hetero) is 1. The van der Waals surface area contributed by atoms with Gasteiger partial charge in [0.15, 0.2) is 5.82 Å². The van der Waals surface area contributed by atoms with E-state index in [-0.39, 0.29) is 23.7 Å². The van der Waals surface area contributed by atoms with Crippen molar-refractivity contribution in [1.29, 1.82) is 0 Å². The van der Waals surface area contributed by atoms with E-state index < -0.39 is 0 Å². The van der Waals surface area contributed by atoms with E-state index in [2.05, 4.69) is 20.7 Å². The summed E-state index contributed by atoms with van der Waals surface area (Å²) >= 11 is 0. The highest BCUT2D eigenvalue weighted by molar-refractivity contribution is 5.95. The third-order valence-electron chi connectivity index (χ3n) is 4.24. The Morgan fingerprint density at radius 3 is 2.96 bits per heavy atom. The summed E-state index contributed by atoms with van der Waals surface area (Å²) in [4.78, 5) is 27.9. The van der Waals surface area contributed by atoms with Crippen LogP contribution in [-0.4, -0.2) is 39.0 Å². The van der Waals surface area contributed by atoms with Crippen LogP contribution < -0.4 is 10.6 Å². The number of nitrogens with one attached hydrogen (secondary N) is 2. The standard InChI is InChI=1S/C17H21N5O2/c1-12(23)13-10-15(19-11-13)17(24)20-16-6-9-22(21-16)8-5-14-4-2-3-7-18-14/h2-4,6-7,9,13,15,19H,5,8,10-11H2,1H3,(H,20,21,24). The predicted octanol–water partition coefficient (Wildman–Crippen LogP) is 1.03. The lowest BCUT2D eigenvalue weighted by Crippen LogP contribution is -2.35. The fraction of sp³-hybridized carbons (Fsp3) is 0.412. The van der Waals surface area contributed by atoms with Crippen LogP contribution in [0.4, 0.5) is 5.82 Å². The maximum atomic E-state index is 12.2. The van der Waals surface area contributed by atoms with Gasteiger partial charge in [0, 0.05) is 49.6 Å². The number of carbonyl (C=O) groups is 2. The molecule has 2 aromatic heterocycles. The number of anilines is 1. The predicted molar refractivity (Wildman–Crippen MR) is 89.4 cm³/mol. The van der Waals surface area contributed by atoms with E-state index in [1.54, 1.807) is 23.9 Å². The first-order valence-electron chi connectivity index (χ1n) is 8.10. The van der Waals surface area contributed by atoms with Crippen molar-refractivity contribution in [3.8, 4) is 0 Å². The van der Waals surface area contributed by atoms with E-state index >= 15 is 0 Å². The number of ketones is 1. The molecule has 0 radical (unpaired) electrons. The van der Waals surface area contributed by atoms with Crippen molar-refractivity contribution < 1.29 is 9.59 Å². The lowest BCUT2D eigenvalue weighted by molar-refractivity contribution is -0.120. The number of nitrogens with zero attached hydrogens (tertiary/aromatic N) is 3. The fourth-order valence-corrected chi connectivity index (χ4v) is 2.79. The molecule has 1 amide bonds. The second-order valence-corrected chi connectivity index (χ2v) is 6.03. The quantitative estimate of drug-likeness (QED) is 0.827. The van der Waals surface area contributed by atoms with Crippen LogP contribution >= 0.6 is 0 Å². The highest BCUT2D eigenvalue weighted by atomic mass is 16.2. The van der Waals surface area contributed by atoms with Gasteiger partial charge in [0.25, 0.3) is 0 Å². The van der Waals surface area contributed by atoms with Gasteiger partial charge in [0.1, 0.15) is 5.78 Å². The number of carbonyl (C=O) groups excluding carboxylic acids is 2. The van der Waals surface area contributed by atoms with Crippen LogP contribution in [0.3, 0.4) is 0 Å². The molecule has 1 fully saturated rings. The van der Waals surface area contributed by atoms with Gasteiger partial charge in [-0.2, -0.15) is 5.10 Å². The SMILES string of the molecule is CC(=O)C1CNC(C(=O)Nc2ccn(CCc3ccccn3)n2)C1. The monoisotopic (exact) mass is 327 g/mol. The van der Waals surface area contributed by atoms with E-state index in [1.807, 2.05) is 24.4 Å². The van der Waals surface area contributed by atoms with Gasteiger partial charge in [-0.05, 0) is 25.5 Å². The van der Waals surface area contributed by atoms with E-state index in [0.717, 1.165) is 12.1 Å². The zero-order chi connectivity index (χ0) is 16.9. The molecular formula is C17H21N5O2. The lowest BCUT2D eigenvalue weighted by Gasteiger charge is -2.09. The van der Waals surface area contributed by atoms with Crippen molar-refractivity contribution in [3.05, 3.63) is 42.4 Å². The summed E-state index contributed by atoms with van der Waals surface area (Å²) in [7, 11) is 0. The molecular weight excluding hydrogens is 306 g/mol. The minimum Gasteiger partial charge on any atom is -0.308 e. The minimum atomic E-state index is -0.336. The Labute approximate surface area is 140 Å². The molecule has 3 heterocycles. The van der Waals surface area contributed by atoms with Crippen LogP contribution in [0.25, 0.3) is 0 Å². The second-order valence-electron chi connectivity index (χ2n) is 6.03. The molecule has 1 aliphatic heterocycles. The molecule has 2 unspecified atom stereocenters. The summed E-state index contributed by atoms with van der Waals surface area (Å²) in [6.45, 7) is 2.82. The van der Waals surface area contributed by atoms with E-state index in [1.165, 1.54) is 0 Å². The maximum absolute atomic E-state index is 12.2. The van der Waals surface area contributed by atoms with Gasteiger partial charge in [0.05, 0.1) is 6.04 Å². The van der Waals surface area contributed by atoms with Crippen LogP contribution in [0.1, 0.15) is 19.0 Å². The fourth-order valence-electron chi connectivity index (χ4n) is 2.79. The van der Waals surface area contributed by atoms with Crippen molar-refractivity contribution in [1.82, 2.24) is 20.1 Å². The number of hydrogen-bond acceptors (Lipinski definition) is 5. The number of hydrogen-bond donors (Lipinski definition) is 2. The Kier molecular flexibility index (Phi) is 5.00. The summed E-state index contributed by atoms with van der Waals surface area (Å²) in [5.41, 5.74) is 1.00. The number of aryl methyl sites for hydroxylation is 2. The van der Waals surface area contributed by atoms with E-state index in [9.17, 15) is 9.59 Å².